The lowest BCUT2D eigenvalue weighted by atomic mass is 9.70. The Morgan fingerprint density at radius 2 is 0.825 bits per heavy atom. The quantitative estimate of drug-likeness (QED) is 0.172. The minimum absolute atomic E-state index is 0.389. The predicted octanol–water partition coefficient (Wildman–Crippen LogP) is 14.3. The van der Waals surface area contributed by atoms with Crippen molar-refractivity contribution in [1.29, 1.82) is 0 Å². The van der Waals surface area contributed by atoms with E-state index in [1.807, 2.05) is 0 Å². The maximum absolute atomic E-state index is 2.47. The van der Waals surface area contributed by atoms with Gasteiger partial charge in [0.05, 0.1) is 22.1 Å². The molecule has 2 heteroatoms. The molecule has 2 nitrogen and oxygen atoms in total. The molecule has 1 heterocycles. The first kappa shape index (κ1) is 31.9. The third-order valence-corrected chi connectivity index (χ3v) is 12.4. The van der Waals surface area contributed by atoms with Crippen LogP contribution in [-0.2, 0) is 5.41 Å². The molecule has 1 spiro atoms. The Bertz CT molecular complexity index is 3150. The third kappa shape index (κ3) is 4.47. The molecule has 266 valence electrons. The summed E-state index contributed by atoms with van der Waals surface area (Å²) in [6.45, 7) is 0. The highest BCUT2D eigenvalue weighted by Crippen LogP contribution is 2.63. The van der Waals surface area contributed by atoms with E-state index in [9.17, 15) is 0 Å². The van der Waals surface area contributed by atoms with Crippen molar-refractivity contribution in [1.82, 2.24) is 4.57 Å². The van der Waals surface area contributed by atoms with Crippen LogP contribution < -0.4 is 4.90 Å². The molecule has 9 aromatic carbocycles. The van der Waals surface area contributed by atoms with Crippen LogP contribution in [0.1, 0.15) is 22.3 Å². The van der Waals surface area contributed by atoms with Crippen molar-refractivity contribution in [2.75, 3.05) is 4.90 Å². The van der Waals surface area contributed by atoms with E-state index in [2.05, 4.69) is 228 Å². The van der Waals surface area contributed by atoms with Crippen LogP contribution in [0, 0.1) is 0 Å². The van der Waals surface area contributed by atoms with Crippen molar-refractivity contribution in [2.45, 2.75) is 5.41 Å². The van der Waals surface area contributed by atoms with Crippen LogP contribution in [0.5, 0.6) is 0 Å². The number of aromatic nitrogens is 1. The summed E-state index contributed by atoms with van der Waals surface area (Å²) in [5.74, 6) is 0. The molecule has 57 heavy (non-hydrogen) atoms. The number of para-hydroxylation sites is 3. The zero-order chi connectivity index (χ0) is 37.5. The Balaban J connectivity index is 1.14. The number of hydrogen-bond acceptors (Lipinski definition) is 1. The van der Waals surface area contributed by atoms with Gasteiger partial charge in [0, 0.05) is 33.4 Å². The molecule has 0 atom stereocenters. The van der Waals surface area contributed by atoms with Gasteiger partial charge in [-0.2, -0.15) is 0 Å². The third-order valence-electron chi connectivity index (χ3n) is 12.4. The molecule has 12 rings (SSSR count). The van der Waals surface area contributed by atoms with Gasteiger partial charge in [-0.1, -0.05) is 170 Å². The summed E-state index contributed by atoms with van der Waals surface area (Å²) in [5.41, 5.74) is 19.4. The zero-order valence-corrected chi connectivity index (χ0v) is 31.2. The van der Waals surface area contributed by atoms with Crippen LogP contribution in [0.4, 0.5) is 17.1 Å². The molecule has 0 saturated heterocycles. The first-order valence-electron chi connectivity index (χ1n) is 19.8. The van der Waals surface area contributed by atoms with Crippen molar-refractivity contribution in [3.8, 4) is 39.1 Å². The molecular weight excluding hydrogens is 689 g/mol. The van der Waals surface area contributed by atoms with Gasteiger partial charge in [0.2, 0.25) is 0 Å². The highest BCUT2D eigenvalue weighted by atomic mass is 15.1. The highest BCUT2D eigenvalue weighted by Gasteiger charge is 2.51. The van der Waals surface area contributed by atoms with E-state index in [4.69, 9.17) is 0 Å². The number of anilines is 3. The van der Waals surface area contributed by atoms with Gasteiger partial charge < -0.3 is 9.47 Å². The monoisotopic (exact) mass is 724 g/mol. The van der Waals surface area contributed by atoms with Crippen LogP contribution in [0.3, 0.4) is 0 Å². The van der Waals surface area contributed by atoms with Crippen molar-refractivity contribution in [2.24, 2.45) is 0 Å². The normalized spacial score (nSPS) is 13.1. The van der Waals surface area contributed by atoms with Crippen molar-refractivity contribution >= 4 is 38.9 Å². The molecule has 0 aliphatic heterocycles. The van der Waals surface area contributed by atoms with E-state index in [1.54, 1.807) is 0 Å². The topological polar surface area (TPSA) is 8.17 Å². The molecule has 2 aliphatic carbocycles. The lowest BCUT2D eigenvalue weighted by molar-refractivity contribution is 0.794. The lowest BCUT2D eigenvalue weighted by Gasteiger charge is -2.31. The SMILES string of the molecule is c1ccc(-c2ccccc2N(c2ccc3c(c2)-c2ccccc2C32c3ccccc3-c3ccccc32)c2ccc3c4ccccc4n(-c4ccccc4)c3c2)cc1. The average molecular weight is 725 g/mol. The van der Waals surface area contributed by atoms with E-state index >= 15 is 0 Å². The lowest BCUT2D eigenvalue weighted by Crippen LogP contribution is -2.25. The Kier molecular flexibility index (Phi) is 6.88. The van der Waals surface area contributed by atoms with Gasteiger partial charge in [0.25, 0.3) is 0 Å². The fraction of sp³-hybridized carbons (Fsp3) is 0.0182. The van der Waals surface area contributed by atoms with E-state index < -0.39 is 0 Å². The summed E-state index contributed by atoms with van der Waals surface area (Å²) in [5, 5.41) is 2.48. The maximum Gasteiger partial charge on any atom is 0.0725 e. The van der Waals surface area contributed by atoms with E-state index in [-0.39, 0.29) is 5.41 Å². The Hall–Kier alpha value is -7.42. The summed E-state index contributed by atoms with van der Waals surface area (Å²) in [4.78, 5) is 2.47. The summed E-state index contributed by atoms with van der Waals surface area (Å²) >= 11 is 0. The maximum atomic E-state index is 2.47. The van der Waals surface area contributed by atoms with Gasteiger partial charge in [-0.25, -0.2) is 0 Å². The highest BCUT2D eigenvalue weighted by molar-refractivity contribution is 6.10. The molecule has 1 aromatic heterocycles. The number of hydrogen-bond donors (Lipinski definition) is 0. The smallest absolute Gasteiger partial charge is 0.0725 e. The van der Waals surface area contributed by atoms with Gasteiger partial charge in [0.1, 0.15) is 0 Å². The minimum atomic E-state index is -0.389. The van der Waals surface area contributed by atoms with Crippen LogP contribution in [0.25, 0.3) is 60.9 Å². The molecular formula is C55H36N2. The van der Waals surface area contributed by atoms with Crippen molar-refractivity contribution < 1.29 is 0 Å². The van der Waals surface area contributed by atoms with Crippen molar-refractivity contribution in [3.63, 3.8) is 0 Å². The van der Waals surface area contributed by atoms with Crippen LogP contribution in [-0.4, -0.2) is 4.57 Å². The van der Waals surface area contributed by atoms with Crippen LogP contribution in [0.2, 0.25) is 0 Å². The summed E-state index contributed by atoms with van der Waals surface area (Å²) < 4.78 is 2.41. The molecule has 2 aliphatic rings. The molecule has 0 amide bonds. The molecule has 0 N–H and O–H groups in total. The summed E-state index contributed by atoms with van der Waals surface area (Å²) in [7, 11) is 0. The Labute approximate surface area is 332 Å². The average Bonchev–Trinajstić information content (AvgIpc) is 3.89. The number of fused-ring (bicyclic) bond motifs is 13. The molecule has 0 radical (unpaired) electrons. The standard InChI is InChI=1S/C55H36N2/c1-3-17-37(18-4-1)41-21-10-15-29-52(41)56(40-31-33-46-45-25-11-16-30-53(45)57(54(46)36-40)38-19-5-2-6-20-38)39-32-34-51-47(35-39)44-24-9-14-28-50(44)55(51)48-26-12-7-22-42(48)43-23-8-13-27-49(43)55/h1-36H. The fourth-order valence-corrected chi connectivity index (χ4v) is 10.1. The second-order valence-corrected chi connectivity index (χ2v) is 15.2. The Morgan fingerprint density at radius 1 is 0.333 bits per heavy atom. The summed E-state index contributed by atoms with van der Waals surface area (Å²) in [6, 6.07) is 80.5. The zero-order valence-electron chi connectivity index (χ0n) is 31.2. The fourth-order valence-electron chi connectivity index (χ4n) is 10.1. The molecule has 0 bridgehead atoms. The van der Waals surface area contributed by atoms with Gasteiger partial charge in [0.15, 0.2) is 0 Å². The first-order valence-corrected chi connectivity index (χ1v) is 19.8. The number of nitrogens with zero attached hydrogens (tertiary/aromatic N) is 2. The van der Waals surface area contributed by atoms with Crippen molar-refractivity contribution in [3.05, 3.63) is 241 Å². The van der Waals surface area contributed by atoms with Crippen LogP contribution in [0.15, 0.2) is 218 Å². The Morgan fingerprint density at radius 3 is 1.53 bits per heavy atom. The summed E-state index contributed by atoms with van der Waals surface area (Å²) in [6.07, 6.45) is 0. The van der Waals surface area contributed by atoms with Gasteiger partial charge in [-0.3, -0.25) is 0 Å². The second-order valence-electron chi connectivity index (χ2n) is 15.2. The first-order chi connectivity index (χ1) is 28.3. The van der Waals surface area contributed by atoms with Gasteiger partial charge in [-0.05, 0) is 98.6 Å². The second kappa shape index (κ2) is 12.3. The van der Waals surface area contributed by atoms with Gasteiger partial charge in [-0.15, -0.1) is 0 Å². The predicted molar refractivity (Wildman–Crippen MR) is 237 cm³/mol. The molecule has 0 saturated carbocycles. The van der Waals surface area contributed by atoms with Gasteiger partial charge >= 0.3 is 0 Å². The van der Waals surface area contributed by atoms with Crippen LogP contribution >= 0.6 is 0 Å². The minimum Gasteiger partial charge on any atom is -0.310 e. The molecule has 10 aromatic rings. The molecule has 0 fully saturated rings. The molecule has 0 unspecified atom stereocenters. The van der Waals surface area contributed by atoms with E-state index in [0.29, 0.717) is 0 Å². The largest absolute Gasteiger partial charge is 0.310 e. The number of benzene rings is 9. The van der Waals surface area contributed by atoms with E-state index in [0.717, 1.165) is 22.7 Å². The van der Waals surface area contributed by atoms with E-state index in [1.165, 1.54) is 77.4 Å². The number of rotatable bonds is 5.